The first kappa shape index (κ1) is 13.6. The van der Waals surface area contributed by atoms with E-state index in [1.165, 1.54) is 3.57 Å². The monoisotopic (exact) mass is 411 g/mol. The largest absolute Gasteiger partial charge is 0.377 e. The third-order valence-corrected chi connectivity index (χ3v) is 3.91. The van der Waals surface area contributed by atoms with Gasteiger partial charge in [0.2, 0.25) is 0 Å². The Hall–Kier alpha value is 0.150. The minimum Gasteiger partial charge on any atom is -0.377 e. The molecule has 0 aliphatic carbocycles. The van der Waals surface area contributed by atoms with Gasteiger partial charge in [0.05, 0.1) is 19.3 Å². The van der Waals surface area contributed by atoms with E-state index in [0.717, 1.165) is 10.2 Å². The van der Waals surface area contributed by atoms with Gasteiger partial charge >= 0.3 is 0 Å². The second kappa shape index (κ2) is 5.42. The molecule has 0 radical (unpaired) electrons. The van der Waals surface area contributed by atoms with Crippen LogP contribution in [0.25, 0.3) is 0 Å². The summed E-state index contributed by atoms with van der Waals surface area (Å²) < 4.78 is 13.5. The highest BCUT2D eigenvalue weighted by Gasteiger charge is 2.28. The Balaban J connectivity index is 2.00. The van der Waals surface area contributed by atoms with Crippen molar-refractivity contribution < 1.29 is 9.47 Å². The van der Waals surface area contributed by atoms with Crippen molar-refractivity contribution in [2.45, 2.75) is 25.7 Å². The first-order valence-electron chi connectivity index (χ1n) is 5.46. The van der Waals surface area contributed by atoms with E-state index in [1.54, 1.807) is 0 Å². The molecule has 94 valence electrons. The van der Waals surface area contributed by atoms with E-state index >= 15 is 0 Å². The third-order valence-electron chi connectivity index (χ3n) is 2.55. The van der Waals surface area contributed by atoms with Crippen LogP contribution in [0.1, 0.15) is 13.8 Å². The first-order chi connectivity index (χ1) is 7.96. The predicted octanol–water partition coefficient (Wildman–Crippen LogP) is 3.62. The van der Waals surface area contributed by atoms with Crippen molar-refractivity contribution in [1.82, 2.24) is 0 Å². The average molecular weight is 412 g/mol. The number of hydrogen-bond donors (Lipinski definition) is 1. The lowest BCUT2D eigenvalue weighted by atomic mass is 10.2. The normalized spacial score (nSPS) is 20.2. The fourth-order valence-electron chi connectivity index (χ4n) is 1.60. The van der Waals surface area contributed by atoms with E-state index in [9.17, 15) is 0 Å². The van der Waals surface area contributed by atoms with E-state index in [2.05, 4.69) is 56.0 Å². The number of nitrogens with one attached hydrogen (secondary N) is 1. The summed E-state index contributed by atoms with van der Waals surface area (Å²) in [5, 5.41) is 3.43. The van der Waals surface area contributed by atoms with Gasteiger partial charge in [0.1, 0.15) is 0 Å². The molecule has 0 unspecified atom stereocenters. The zero-order valence-corrected chi connectivity index (χ0v) is 13.5. The number of anilines is 1. The van der Waals surface area contributed by atoms with Crippen molar-refractivity contribution in [2.24, 2.45) is 0 Å². The fourth-order valence-corrected chi connectivity index (χ4v) is 2.46. The van der Waals surface area contributed by atoms with Gasteiger partial charge in [-0.25, -0.2) is 0 Å². The highest BCUT2D eigenvalue weighted by Crippen LogP contribution is 2.26. The van der Waals surface area contributed by atoms with Crippen molar-refractivity contribution in [1.29, 1.82) is 0 Å². The molecule has 3 nitrogen and oxygen atoms in total. The van der Waals surface area contributed by atoms with Gasteiger partial charge in [-0.05, 0) is 70.6 Å². The first-order valence-corrected chi connectivity index (χ1v) is 7.33. The van der Waals surface area contributed by atoms with Crippen LogP contribution in [0, 0.1) is 3.57 Å². The summed E-state index contributed by atoms with van der Waals surface area (Å²) in [6.45, 7) is 5.19. The Morgan fingerprint density at radius 3 is 2.65 bits per heavy atom. The van der Waals surface area contributed by atoms with Gasteiger partial charge in [-0.2, -0.15) is 0 Å². The Labute approximate surface area is 124 Å². The van der Waals surface area contributed by atoms with Crippen molar-refractivity contribution in [3.63, 3.8) is 0 Å². The van der Waals surface area contributed by atoms with Gasteiger partial charge in [0, 0.05) is 13.7 Å². The standard InChI is InChI=1S/C12H15BrINO2/c1-12(2)16-6-9(7-17-12)15-11-5-8(14)3-4-10(11)13/h3-5,9,15H,6-7H2,1-2H3. The van der Waals surface area contributed by atoms with Gasteiger partial charge in [0.15, 0.2) is 5.79 Å². The molecule has 0 spiro atoms. The lowest BCUT2D eigenvalue weighted by molar-refractivity contribution is -0.247. The SMILES string of the molecule is CC1(C)OCC(Nc2cc(I)ccc2Br)CO1. The van der Waals surface area contributed by atoms with Gasteiger partial charge in [0.25, 0.3) is 0 Å². The maximum Gasteiger partial charge on any atom is 0.162 e. The van der Waals surface area contributed by atoms with Crippen molar-refractivity contribution in [3.05, 3.63) is 26.2 Å². The van der Waals surface area contributed by atoms with E-state index < -0.39 is 5.79 Å². The fraction of sp³-hybridized carbons (Fsp3) is 0.500. The molecule has 0 bridgehead atoms. The van der Waals surface area contributed by atoms with Gasteiger partial charge in [-0.1, -0.05) is 0 Å². The van der Waals surface area contributed by atoms with E-state index in [0.29, 0.717) is 13.2 Å². The summed E-state index contributed by atoms with van der Waals surface area (Å²) in [7, 11) is 0. The molecule has 0 atom stereocenters. The maximum atomic E-state index is 5.62. The van der Waals surface area contributed by atoms with Crippen LogP contribution in [0.3, 0.4) is 0 Å². The molecule has 17 heavy (non-hydrogen) atoms. The van der Waals surface area contributed by atoms with Crippen LogP contribution < -0.4 is 5.32 Å². The minimum absolute atomic E-state index is 0.192. The summed E-state index contributed by atoms with van der Waals surface area (Å²) in [4.78, 5) is 0. The predicted molar refractivity (Wildman–Crippen MR) is 80.3 cm³/mol. The summed E-state index contributed by atoms with van der Waals surface area (Å²) in [5.74, 6) is -0.458. The zero-order chi connectivity index (χ0) is 12.5. The molecule has 1 saturated heterocycles. The molecule has 0 amide bonds. The summed E-state index contributed by atoms with van der Waals surface area (Å²) in [6, 6.07) is 6.40. The maximum absolute atomic E-state index is 5.62. The van der Waals surface area contributed by atoms with Crippen molar-refractivity contribution in [2.75, 3.05) is 18.5 Å². The highest BCUT2D eigenvalue weighted by molar-refractivity contribution is 14.1. The van der Waals surface area contributed by atoms with Crippen LogP contribution in [0.5, 0.6) is 0 Å². The average Bonchev–Trinajstić information content (AvgIpc) is 2.26. The molecule has 1 aromatic carbocycles. The summed E-state index contributed by atoms with van der Waals surface area (Å²) in [5.41, 5.74) is 1.08. The zero-order valence-electron chi connectivity index (χ0n) is 9.80. The number of ether oxygens (including phenoxy) is 2. The third kappa shape index (κ3) is 3.81. The second-order valence-electron chi connectivity index (χ2n) is 4.49. The van der Waals surface area contributed by atoms with E-state index in [4.69, 9.17) is 9.47 Å². The molecule has 1 aliphatic rings. The number of rotatable bonds is 2. The van der Waals surface area contributed by atoms with Crippen LogP contribution >= 0.6 is 38.5 Å². The van der Waals surface area contributed by atoms with Crippen LogP contribution in [0.2, 0.25) is 0 Å². The topological polar surface area (TPSA) is 30.5 Å². The van der Waals surface area contributed by atoms with Crippen LogP contribution in [-0.4, -0.2) is 25.0 Å². The second-order valence-corrected chi connectivity index (χ2v) is 6.59. The van der Waals surface area contributed by atoms with E-state index in [-0.39, 0.29) is 6.04 Å². The molecule has 1 heterocycles. The van der Waals surface area contributed by atoms with Crippen LogP contribution in [0.4, 0.5) is 5.69 Å². The molecule has 0 aromatic heterocycles. The van der Waals surface area contributed by atoms with Crippen molar-refractivity contribution in [3.8, 4) is 0 Å². The number of hydrogen-bond acceptors (Lipinski definition) is 3. The van der Waals surface area contributed by atoms with Gasteiger partial charge in [-0.15, -0.1) is 0 Å². The number of halogens is 2. The summed E-state index contributed by atoms with van der Waals surface area (Å²) >= 11 is 5.83. The van der Waals surface area contributed by atoms with Gasteiger partial charge < -0.3 is 14.8 Å². The lowest BCUT2D eigenvalue weighted by Crippen LogP contribution is -2.45. The molecule has 2 rings (SSSR count). The number of benzene rings is 1. The minimum atomic E-state index is -0.458. The van der Waals surface area contributed by atoms with Gasteiger partial charge in [-0.3, -0.25) is 0 Å². The van der Waals surface area contributed by atoms with Crippen LogP contribution in [-0.2, 0) is 9.47 Å². The highest BCUT2D eigenvalue weighted by atomic mass is 127. The molecule has 1 aliphatic heterocycles. The quantitative estimate of drug-likeness (QED) is 0.754. The molecule has 1 N–H and O–H groups in total. The Morgan fingerprint density at radius 1 is 1.35 bits per heavy atom. The van der Waals surface area contributed by atoms with E-state index in [1.807, 2.05) is 19.9 Å². The molecule has 0 saturated carbocycles. The molecule has 1 aromatic rings. The Morgan fingerprint density at radius 2 is 2.00 bits per heavy atom. The molecular formula is C12H15BrINO2. The molecular weight excluding hydrogens is 397 g/mol. The Bertz CT molecular complexity index is 401. The van der Waals surface area contributed by atoms with Crippen LogP contribution in [0.15, 0.2) is 22.7 Å². The molecule has 5 heteroatoms. The lowest BCUT2D eigenvalue weighted by Gasteiger charge is -2.35. The molecule has 1 fully saturated rings. The Kier molecular flexibility index (Phi) is 4.33. The smallest absolute Gasteiger partial charge is 0.162 e. The summed E-state index contributed by atoms with van der Waals surface area (Å²) in [6.07, 6.45) is 0. The van der Waals surface area contributed by atoms with Crippen molar-refractivity contribution >= 4 is 44.2 Å².